The largest absolute Gasteiger partial charge is 0.497 e. The molecule has 2 aromatic carbocycles. The average molecular weight is 381 g/mol. The average Bonchev–Trinajstić information content (AvgIpc) is 2.94. The van der Waals surface area contributed by atoms with Gasteiger partial charge in [0.25, 0.3) is 5.91 Å². The minimum Gasteiger partial charge on any atom is -0.497 e. The fourth-order valence-electron chi connectivity index (χ4n) is 3.53. The van der Waals surface area contributed by atoms with Gasteiger partial charge >= 0.3 is 6.03 Å². The lowest BCUT2D eigenvalue weighted by Crippen LogP contribution is -2.48. The van der Waals surface area contributed by atoms with Crippen LogP contribution in [0.5, 0.6) is 11.5 Å². The number of anilines is 1. The van der Waals surface area contributed by atoms with Crippen molar-refractivity contribution in [1.82, 2.24) is 10.2 Å². The fourth-order valence-corrected chi connectivity index (χ4v) is 3.53. The van der Waals surface area contributed by atoms with E-state index in [0.29, 0.717) is 35.8 Å². The number of carbonyl (C=O) groups excluding carboxylic acids is 3. The Bertz CT molecular complexity index is 943. The van der Waals surface area contributed by atoms with Gasteiger partial charge in [-0.1, -0.05) is 18.2 Å². The van der Waals surface area contributed by atoms with Crippen LogP contribution in [0.3, 0.4) is 0 Å². The summed E-state index contributed by atoms with van der Waals surface area (Å²) < 4.78 is 10.7. The van der Waals surface area contributed by atoms with Crippen LogP contribution in [0.25, 0.3) is 0 Å². The van der Waals surface area contributed by atoms with Crippen molar-refractivity contribution in [3.05, 3.63) is 54.1 Å². The molecule has 1 saturated heterocycles. The molecule has 0 aromatic heterocycles. The van der Waals surface area contributed by atoms with Gasteiger partial charge in [-0.25, -0.2) is 4.79 Å². The second-order valence-electron chi connectivity index (χ2n) is 6.60. The van der Waals surface area contributed by atoms with Crippen molar-refractivity contribution >= 4 is 23.5 Å². The number of imide groups is 1. The third-order valence-electron chi connectivity index (χ3n) is 4.93. The monoisotopic (exact) mass is 381 g/mol. The lowest BCUT2D eigenvalue weighted by Gasteiger charge is -2.33. The summed E-state index contributed by atoms with van der Waals surface area (Å²) in [6.07, 6.45) is 0.311. The summed E-state index contributed by atoms with van der Waals surface area (Å²) in [5.74, 6) is 0.309. The molecule has 2 aliphatic rings. The Balaban J connectivity index is 1.51. The SMILES string of the molecule is COc1ccc(NC(=O)CN2C(=O)N[C@@]3(CCOc4ccccc43)C2=O)cc1. The molecule has 0 aliphatic carbocycles. The van der Waals surface area contributed by atoms with E-state index in [-0.39, 0.29) is 6.54 Å². The van der Waals surface area contributed by atoms with E-state index in [1.165, 1.54) is 0 Å². The summed E-state index contributed by atoms with van der Waals surface area (Å²) in [6, 6.07) is 13.3. The zero-order chi connectivity index (χ0) is 19.7. The molecular weight excluding hydrogens is 362 g/mol. The highest BCUT2D eigenvalue weighted by Crippen LogP contribution is 2.40. The van der Waals surface area contributed by atoms with Gasteiger partial charge in [0.1, 0.15) is 18.0 Å². The number of para-hydroxylation sites is 1. The molecule has 1 spiro atoms. The Hall–Kier alpha value is -3.55. The van der Waals surface area contributed by atoms with Crippen molar-refractivity contribution in [2.24, 2.45) is 0 Å². The standard InChI is InChI=1S/C20H19N3O5/c1-27-14-8-6-13(7-9-14)21-17(24)12-23-18(25)20(22-19(23)26)10-11-28-16-5-3-2-4-15(16)20/h2-9H,10-12H2,1H3,(H,21,24)(H,22,26)/t20-/m1/s1. The number of nitrogens with one attached hydrogen (secondary N) is 2. The van der Waals surface area contributed by atoms with Crippen molar-refractivity contribution in [1.29, 1.82) is 0 Å². The van der Waals surface area contributed by atoms with Crippen molar-refractivity contribution in [2.45, 2.75) is 12.0 Å². The summed E-state index contributed by atoms with van der Waals surface area (Å²) >= 11 is 0. The second kappa shape index (κ2) is 6.88. The van der Waals surface area contributed by atoms with Gasteiger partial charge in [0.2, 0.25) is 5.91 Å². The Labute approximate surface area is 161 Å². The number of fused-ring (bicyclic) bond motifs is 2. The zero-order valence-electron chi connectivity index (χ0n) is 15.2. The van der Waals surface area contributed by atoms with E-state index in [9.17, 15) is 14.4 Å². The van der Waals surface area contributed by atoms with Gasteiger partial charge in [0, 0.05) is 17.7 Å². The topological polar surface area (TPSA) is 97.0 Å². The molecule has 0 saturated carbocycles. The van der Waals surface area contributed by atoms with E-state index in [2.05, 4.69) is 10.6 Å². The Morgan fingerprint density at radius 1 is 1.21 bits per heavy atom. The van der Waals surface area contributed by atoms with Crippen LogP contribution in [0.1, 0.15) is 12.0 Å². The second-order valence-corrected chi connectivity index (χ2v) is 6.60. The number of ether oxygens (including phenoxy) is 2. The van der Waals surface area contributed by atoms with E-state index < -0.39 is 23.4 Å². The van der Waals surface area contributed by atoms with Crippen LogP contribution in [0.2, 0.25) is 0 Å². The molecule has 144 valence electrons. The van der Waals surface area contributed by atoms with E-state index >= 15 is 0 Å². The minimum atomic E-state index is -1.19. The predicted molar refractivity (Wildman–Crippen MR) is 100 cm³/mol. The molecule has 2 aromatic rings. The molecule has 4 amide bonds. The highest BCUT2D eigenvalue weighted by atomic mass is 16.5. The lowest BCUT2D eigenvalue weighted by molar-refractivity contribution is -0.135. The summed E-state index contributed by atoms with van der Waals surface area (Å²) in [7, 11) is 1.55. The molecule has 0 bridgehead atoms. The van der Waals surface area contributed by atoms with Crippen LogP contribution >= 0.6 is 0 Å². The van der Waals surface area contributed by atoms with E-state index in [4.69, 9.17) is 9.47 Å². The number of hydrogen-bond donors (Lipinski definition) is 2. The number of rotatable bonds is 4. The molecule has 2 N–H and O–H groups in total. The van der Waals surface area contributed by atoms with Crippen LogP contribution in [-0.2, 0) is 15.1 Å². The van der Waals surface area contributed by atoms with Crippen LogP contribution in [0.15, 0.2) is 48.5 Å². The number of amides is 4. The highest BCUT2D eigenvalue weighted by molar-refractivity contribution is 6.10. The zero-order valence-corrected chi connectivity index (χ0v) is 15.2. The maximum atomic E-state index is 13.1. The molecule has 0 radical (unpaired) electrons. The van der Waals surface area contributed by atoms with E-state index in [1.807, 2.05) is 0 Å². The quantitative estimate of drug-likeness (QED) is 0.788. The highest BCUT2D eigenvalue weighted by Gasteiger charge is 2.55. The Morgan fingerprint density at radius 3 is 2.71 bits per heavy atom. The molecule has 8 heteroatoms. The summed E-state index contributed by atoms with van der Waals surface area (Å²) in [5.41, 5.74) is -0.0339. The van der Waals surface area contributed by atoms with Crippen LogP contribution < -0.4 is 20.1 Å². The maximum Gasteiger partial charge on any atom is 0.325 e. The Kier molecular flexibility index (Phi) is 4.38. The first-order chi connectivity index (χ1) is 13.5. The Morgan fingerprint density at radius 2 is 1.96 bits per heavy atom. The predicted octanol–water partition coefficient (Wildman–Crippen LogP) is 1.86. The number of methoxy groups -OCH3 is 1. The summed E-state index contributed by atoms with van der Waals surface area (Å²) in [6.45, 7) is -0.0730. The third-order valence-corrected chi connectivity index (χ3v) is 4.93. The minimum absolute atomic E-state index is 0.301. The molecular formula is C20H19N3O5. The first-order valence-corrected chi connectivity index (χ1v) is 8.84. The first-order valence-electron chi connectivity index (χ1n) is 8.84. The number of carbonyl (C=O) groups is 3. The smallest absolute Gasteiger partial charge is 0.325 e. The van der Waals surface area contributed by atoms with Gasteiger partial charge in [0.05, 0.1) is 13.7 Å². The summed E-state index contributed by atoms with van der Waals surface area (Å²) in [4.78, 5) is 38.9. The molecule has 28 heavy (non-hydrogen) atoms. The molecule has 2 heterocycles. The van der Waals surface area contributed by atoms with Crippen LogP contribution in [0.4, 0.5) is 10.5 Å². The van der Waals surface area contributed by atoms with Gasteiger partial charge in [-0.3, -0.25) is 14.5 Å². The molecule has 8 nitrogen and oxygen atoms in total. The first kappa shape index (κ1) is 17.8. The van der Waals surface area contributed by atoms with Gasteiger partial charge in [-0.2, -0.15) is 0 Å². The van der Waals surface area contributed by atoms with E-state index in [1.54, 1.807) is 55.6 Å². The van der Waals surface area contributed by atoms with Gasteiger partial charge in [-0.05, 0) is 30.3 Å². The number of benzene rings is 2. The van der Waals surface area contributed by atoms with Gasteiger partial charge < -0.3 is 20.1 Å². The van der Waals surface area contributed by atoms with Crippen LogP contribution in [0, 0.1) is 0 Å². The molecule has 0 unspecified atom stereocenters. The number of hydrogen-bond acceptors (Lipinski definition) is 5. The summed E-state index contributed by atoms with van der Waals surface area (Å²) in [5, 5.41) is 5.45. The molecule has 1 fully saturated rings. The fraction of sp³-hybridized carbons (Fsp3) is 0.250. The molecule has 2 aliphatic heterocycles. The normalized spacial score (nSPS) is 20.4. The lowest BCUT2D eigenvalue weighted by atomic mass is 9.84. The van der Waals surface area contributed by atoms with Crippen molar-refractivity contribution in [3.63, 3.8) is 0 Å². The molecule has 4 rings (SSSR count). The van der Waals surface area contributed by atoms with Crippen LogP contribution in [-0.4, -0.2) is 43.0 Å². The van der Waals surface area contributed by atoms with Crippen molar-refractivity contribution in [3.8, 4) is 11.5 Å². The van der Waals surface area contributed by atoms with Gasteiger partial charge in [-0.15, -0.1) is 0 Å². The van der Waals surface area contributed by atoms with Crippen molar-refractivity contribution in [2.75, 3.05) is 25.6 Å². The molecule has 1 atom stereocenters. The van der Waals surface area contributed by atoms with Crippen molar-refractivity contribution < 1.29 is 23.9 Å². The van der Waals surface area contributed by atoms with E-state index in [0.717, 1.165) is 4.90 Å². The maximum absolute atomic E-state index is 13.1. The third kappa shape index (κ3) is 2.92. The van der Waals surface area contributed by atoms with Gasteiger partial charge in [0.15, 0.2) is 5.54 Å². The number of urea groups is 1. The number of nitrogens with zero attached hydrogens (tertiary/aromatic N) is 1.